The van der Waals surface area contributed by atoms with E-state index in [0.29, 0.717) is 24.3 Å². The van der Waals surface area contributed by atoms with Gasteiger partial charge in [0.15, 0.2) is 11.4 Å². The highest BCUT2D eigenvalue weighted by Gasteiger charge is 2.29. The standard InChI is InChI=1S/C23H24F2N4O4/c1-13-9-19(33-12-16-17(24)6-3-7-18(16)25)21-27-14(2)20(29(21)11-13)22(30)26-10-15-5-4-8-28(15)23(31)32/h3,6-7,9,11,15H,4-5,8,10,12H2,1-2H3,(H,26,30)(H,31,32)/t15-/m0/s1. The Balaban J connectivity index is 1.57. The van der Waals surface area contributed by atoms with E-state index >= 15 is 0 Å². The second-order valence-corrected chi connectivity index (χ2v) is 8.09. The lowest BCUT2D eigenvalue weighted by Crippen LogP contribution is -2.42. The molecule has 1 aliphatic heterocycles. The molecular formula is C23H24F2N4O4. The van der Waals surface area contributed by atoms with Crippen LogP contribution in [0.25, 0.3) is 5.65 Å². The molecule has 0 radical (unpaired) electrons. The Labute approximate surface area is 188 Å². The molecule has 33 heavy (non-hydrogen) atoms. The highest BCUT2D eigenvalue weighted by molar-refractivity contribution is 5.95. The van der Waals surface area contributed by atoms with Crippen LogP contribution in [-0.2, 0) is 6.61 Å². The number of halogens is 2. The highest BCUT2D eigenvalue weighted by Crippen LogP contribution is 2.26. The van der Waals surface area contributed by atoms with Gasteiger partial charge in [-0.2, -0.15) is 0 Å². The van der Waals surface area contributed by atoms with E-state index in [-0.39, 0.29) is 36.2 Å². The van der Waals surface area contributed by atoms with Gasteiger partial charge in [-0.05, 0) is 50.5 Å². The number of hydrogen-bond donors (Lipinski definition) is 2. The molecule has 2 N–H and O–H groups in total. The molecule has 1 fully saturated rings. The first-order chi connectivity index (χ1) is 15.8. The summed E-state index contributed by atoms with van der Waals surface area (Å²) >= 11 is 0. The fraction of sp³-hybridized carbons (Fsp3) is 0.348. The molecule has 1 aliphatic rings. The van der Waals surface area contributed by atoms with E-state index in [1.54, 1.807) is 30.5 Å². The second-order valence-electron chi connectivity index (χ2n) is 8.09. The van der Waals surface area contributed by atoms with Crippen molar-refractivity contribution in [2.24, 2.45) is 0 Å². The van der Waals surface area contributed by atoms with Crippen LogP contribution in [0.4, 0.5) is 13.6 Å². The Morgan fingerprint density at radius 1 is 1.27 bits per heavy atom. The van der Waals surface area contributed by atoms with Gasteiger partial charge in [-0.25, -0.2) is 18.6 Å². The first-order valence-corrected chi connectivity index (χ1v) is 10.6. The molecular weight excluding hydrogens is 434 g/mol. The lowest BCUT2D eigenvalue weighted by molar-refractivity contribution is 0.0927. The number of amides is 2. The molecule has 2 aromatic heterocycles. The molecule has 0 unspecified atom stereocenters. The molecule has 10 heteroatoms. The van der Waals surface area contributed by atoms with Crippen LogP contribution in [0.2, 0.25) is 0 Å². The maximum Gasteiger partial charge on any atom is 0.407 e. The lowest BCUT2D eigenvalue weighted by atomic mass is 10.2. The summed E-state index contributed by atoms with van der Waals surface area (Å²) < 4.78 is 35.2. The number of likely N-dealkylation sites (tertiary alicyclic amines) is 1. The Bertz CT molecular complexity index is 1210. The van der Waals surface area contributed by atoms with Crippen molar-refractivity contribution in [1.82, 2.24) is 19.6 Å². The Morgan fingerprint density at radius 2 is 2.00 bits per heavy atom. The van der Waals surface area contributed by atoms with Gasteiger partial charge in [0.05, 0.1) is 17.3 Å². The van der Waals surface area contributed by atoms with Crippen LogP contribution in [0.1, 0.15) is 40.2 Å². The molecule has 174 valence electrons. The van der Waals surface area contributed by atoms with Crippen molar-refractivity contribution in [1.29, 1.82) is 0 Å². The smallest absolute Gasteiger partial charge is 0.407 e. The van der Waals surface area contributed by atoms with Crippen LogP contribution >= 0.6 is 0 Å². The molecule has 0 saturated carbocycles. The fourth-order valence-corrected chi connectivity index (χ4v) is 4.15. The molecule has 8 nitrogen and oxygen atoms in total. The van der Waals surface area contributed by atoms with Gasteiger partial charge in [-0.1, -0.05) is 6.07 Å². The third-order valence-corrected chi connectivity index (χ3v) is 5.77. The van der Waals surface area contributed by atoms with E-state index < -0.39 is 23.6 Å². The molecule has 4 rings (SSSR count). The molecule has 2 amide bonds. The number of carboxylic acid groups (broad SMARTS) is 1. The first kappa shape index (κ1) is 22.5. The minimum atomic E-state index is -0.999. The van der Waals surface area contributed by atoms with Crippen LogP contribution in [0, 0.1) is 25.5 Å². The van der Waals surface area contributed by atoms with E-state index in [2.05, 4.69) is 10.3 Å². The van der Waals surface area contributed by atoms with Gasteiger partial charge in [0, 0.05) is 19.3 Å². The summed E-state index contributed by atoms with van der Waals surface area (Å²) in [5, 5.41) is 12.1. The van der Waals surface area contributed by atoms with Crippen molar-refractivity contribution in [3.05, 3.63) is 64.6 Å². The number of aryl methyl sites for hydroxylation is 2. The van der Waals surface area contributed by atoms with Gasteiger partial charge in [0.25, 0.3) is 5.91 Å². The van der Waals surface area contributed by atoms with Crippen molar-refractivity contribution in [2.45, 2.75) is 39.3 Å². The van der Waals surface area contributed by atoms with Crippen molar-refractivity contribution < 1.29 is 28.2 Å². The lowest BCUT2D eigenvalue weighted by Gasteiger charge is -2.21. The Hall–Kier alpha value is -3.69. The van der Waals surface area contributed by atoms with Crippen LogP contribution < -0.4 is 10.1 Å². The summed E-state index contributed by atoms with van der Waals surface area (Å²) in [6.07, 6.45) is 2.16. The largest absolute Gasteiger partial charge is 0.485 e. The first-order valence-electron chi connectivity index (χ1n) is 10.6. The molecule has 1 saturated heterocycles. The van der Waals surface area contributed by atoms with Crippen LogP contribution in [0.5, 0.6) is 5.75 Å². The summed E-state index contributed by atoms with van der Waals surface area (Å²) in [7, 11) is 0. The number of hydrogen-bond acceptors (Lipinski definition) is 4. The maximum absolute atomic E-state index is 14.0. The number of nitrogens with one attached hydrogen (secondary N) is 1. The average Bonchev–Trinajstić information content (AvgIpc) is 3.35. The number of fused-ring (bicyclic) bond motifs is 1. The van der Waals surface area contributed by atoms with E-state index in [1.807, 2.05) is 0 Å². The number of nitrogens with zero attached hydrogens (tertiary/aromatic N) is 3. The zero-order valence-electron chi connectivity index (χ0n) is 18.3. The van der Waals surface area contributed by atoms with Crippen LogP contribution in [0.15, 0.2) is 30.5 Å². The van der Waals surface area contributed by atoms with E-state index in [0.717, 1.165) is 24.1 Å². The molecule has 0 spiro atoms. The number of carbonyl (C=O) groups excluding carboxylic acids is 1. The monoisotopic (exact) mass is 458 g/mol. The third-order valence-electron chi connectivity index (χ3n) is 5.77. The number of ether oxygens (including phenoxy) is 1. The summed E-state index contributed by atoms with van der Waals surface area (Å²) in [5.74, 6) is -1.53. The quantitative estimate of drug-likeness (QED) is 0.588. The minimum absolute atomic E-state index is 0.194. The maximum atomic E-state index is 14.0. The summed E-state index contributed by atoms with van der Waals surface area (Å²) in [6, 6.07) is 5.01. The van der Waals surface area contributed by atoms with Gasteiger partial charge >= 0.3 is 6.09 Å². The van der Waals surface area contributed by atoms with E-state index in [1.165, 1.54) is 11.0 Å². The fourth-order valence-electron chi connectivity index (χ4n) is 4.15. The third kappa shape index (κ3) is 4.46. The molecule has 3 heterocycles. The zero-order valence-corrected chi connectivity index (χ0v) is 18.3. The number of carbonyl (C=O) groups is 2. The van der Waals surface area contributed by atoms with Crippen molar-refractivity contribution >= 4 is 17.6 Å². The molecule has 0 aliphatic carbocycles. The van der Waals surface area contributed by atoms with E-state index in [4.69, 9.17) is 4.74 Å². The van der Waals surface area contributed by atoms with Crippen LogP contribution in [-0.4, -0.2) is 50.5 Å². The van der Waals surface area contributed by atoms with Crippen LogP contribution in [0.3, 0.4) is 0 Å². The van der Waals surface area contributed by atoms with Crippen molar-refractivity contribution in [2.75, 3.05) is 13.1 Å². The second kappa shape index (κ2) is 9.05. The van der Waals surface area contributed by atoms with Crippen molar-refractivity contribution in [3.63, 3.8) is 0 Å². The average molecular weight is 458 g/mol. The van der Waals surface area contributed by atoms with Gasteiger partial charge in [-0.3, -0.25) is 9.20 Å². The number of imidazole rings is 1. The SMILES string of the molecule is Cc1cc(OCc2c(F)cccc2F)c2nc(C)c(C(=O)NC[C@@H]3CCCN3C(=O)O)n2c1. The highest BCUT2D eigenvalue weighted by atomic mass is 19.1. The van der Waals surface area contributed by atoms with E-state index in [9.17, 15) is 23.5 Å². The molecule has 0 bridgehead atoms. The zero-order chi connectivity index (χ0) is 23.7. The number of pyridine rings is 1. The molecule has 1 atom stereocenters. The molecule has 3 aromatic rings. The number of rotatable bonds is 6. The van der Waals surface area contributed by atoms with Gasteiger partial charge in [0.2, 0.25) is 0 Å². The van der Waals surface area contributed by atoms with Gasteiger partial charge in [-0.15, -0.1) is 0 Å². The van der Waals surface area contributed by atoms with Gasteiger partial charge in [0.1, 0.15) is 23.9 Å². The predicted octanol–water partition coefficient (Wildman–Crippen LogP) is 3.68. The summed E-state index contributed by atoms with van der Waals surface area (Å²) in [4.78, 5) is 30.1. The predicted molar refractivity (Wildman–Crippen MR) is 115 cm³/mol. The minimum Gasteiger partial charge on any atom is -0.485 e. The van der Waals surface area contributed by atoms with Crippen molar-refractivity contribution in [3.8, 4) is 5.75 Å². The topological polar surface area (TPSA) is 96.2 Å². The Kier molecular flexibility index (Phi) is 6.17. The normalized spacial score (nSPS) is 15.8. The number of benzene rings is 1. The molecule has 1 aromatic carbocycles. The summed E-state index contributed by atoms with van der Waals surface area (Å²) in [6.45, 7) is 3.79. The van der Waals surface area contributed by atoms with Gasteiger partial charge < -0.3 is 20.1 Å². The Morgan fingerprint density at radius 3 is 2.70 bits per heavy atom. The summed E-state index contributed by atoms with van der Waals surface area (Å²) in [5.41, 5.74) is 1.63. The number of aromatic nitrogens is 2.